The van der Waals surface area contributed by atoms with Crippen molar-refractivity contribution >= 4 is 0 Å². The number of nitrogens with one attached hydrogen (secondary N) is 1. The number of nitrogens with zero attached hydrogens (tertiary/aromatic N) is 1. The maximum Gasteiger partial charge on any atom is 0.345 e. The normalized spacial score (nSPS) is 15.7. The van der Waals surface area contributed by atoms with Crippen LogP contribution in [0.4, 0.5) is 0 Å². The van der Waals surface area contributed by atoms with E-state index in [9.17, 15) is 4.79 Å². The maximum absolute atomic E-state index is 10.8. The Morgan fingerprint density at radius 1 is 1.33 bits per heavy atom. The summed E-state index contributed by atoms with van der Waals surface area (Å²) in [5.74, 6) is 0.209. The molecule has 0 atom stereocenters. The predicted octanol–water partition coefficient (Wildman–Crippen LogP) is 0.980. The number of H-pyrrole nitrogens is 1. The van der Waals surface area contributed by atoms with E-state index in [0.717, 1.165) is 5.69 Å². The minimum Gasteiger partial charge on any atom is -0.309 e. The van der Waals surface area contributed by atoms with E-state index in [4.69, 9.17) is 0 Å². The topological polar surface area (TPSA) is 45.8 Å². The van der Waals surface area contributed by atoms with Crippen LogP contribution in [0.1, 0.15) is 11.6 Å². The van der Waals surface area contributed by atoms with Crippen molar-refractivity contribution < 1.29 is 0 Å². The second-order valence-corrected chi connectivity index (χ2v) is 2.63. The second-order valence-electron chi connectivity index (χ2n) is 2.63. The molecule has 2 rings (SSSR count). The first kappa shape index (κ1) is 7.03. The fourth-order valence-corrected chi connectivity index (χ4v) is 1.22. The van der Waals surface area contributed by atoms with E-state index in [2.05, 4.69) is 9.97 Å². The van der Waals surface area contributed by atoms with Crippen molar-refractivity contribution in [2.75, 3.05) is 0 Å². The zero-order valence-corrected chi connectivity index (χ0v) is 6.40. The van der Waals surface area contributed by atoms with Gasteiger partial charge in [-0.05, 0) is 6.07 Å². The zero-order valence-electron chi connectivity index (χ0n) is 6.40. The van der Waals surface area contributed by atoms with Gasteiger partial charge in [-0.15, -0.1) is 0 Å². The van der Waals surface area contributed by atoms with Gasteiger partial charge in [0.05, 0.1) is 0 Å². The lowest BCUT2D eigenvalue weighted by Gasteiger charge is -2.02. The zero-order chi connectivity index (χ0) is 8.39. The van der Waals surface area contributed by atoms with Crippen molar-refractivity contribution in [2.24, 2.45) is 0 Å². The highest BCUT2D eigenvalue weighted by Crippen LogP contribution is 2.18. The van der Waals surface area contributed by atoms with Crippen LogP contribution in [0.25, 0.3) is 0 Å². The second kappa shape index (κ2) is 2.77. The molecule has 12 heavy (non-hydrogen) atoms. The predicted molar refractivity (Wildman–Crippen MR) is 45.9 cm³/mol. The number of hydrogen-bond donors (Lipinski definition) is 1. The van der Waals surface area contributed by atoms with Gasteiger partial charge in [0, 0.05) is 17.8 Å². The maximum atomic E-state index is 10.8. The minimum absolute atomic E-state index is 0.209. The van der Waals surface area contributed by atoms with Gasteiger partial charge in [0.1, 0.15) is 0 Å². The van der Waals surface area contributed by atoms with Crippen LogP contribution in [0.3, 0.4) is 0 Å². The molecule has 60 valence electrons. The average Bonchev–Trinajstić information content (AvgIpc) is 2.56. The van der Waals surface area contributed by atoms with Crippen molar-refractivity contribution in [3.8, 4) is 0 Å². The van der Waals surface area contributed by atoms with E-state index in [1.807, 2.05) is 30.4 Å². The lowest BCUT2D eigenvalue weighted by molar-refractivity contribution is 0.937. The van der Waals surface area contributed by atoms with Gasteiger partial charge in [-0.3, -0.25) is 0 Å². The first-order valence-corrected chi connectivity index (χ1v) is 3.76. The summed E-state index contributed by atoms with van der Waals surface area (Å²) in [6.07, 6.45) is 9.48. The Hall–Kier alpha value is -1.64. The van der Waals surface area contributed by atoms with Crippen molar-refractivity contribution in [3.05, 3.63) is 52.7 Å². The van der Waals surface area contributed by atoms with E-state index >= 15 is 0 Å². The molecule has 0 bridgehead atoms. The summed E-state index contributed by atoms with van der Waals surface area (Å²) in [4.78, 5) is 17.1. The molecule has 1 aliphatic rings. The Kier molecular flexibility index (Phi) is 1.63. The van der Waals surface area contributed by atoms with Crippen LogP contribution in [0.15, 0.2) is 41.4 Å². The summed E-state index contributed by atoms with van der Waals surface area (Å²) in [5.41, 5.74) is 0.598. The summed E-state index contributed by atoms with van der Waals surface area (Å²) in [6.45, 7) is 0. The molecule has 0 saturated carbocycles. The molecule has 3 heteroatoms. The largest absolute Gasteiger partial charge is 0.345 e. The molecule has 0 fully saturated rings. The van der Waals surface area contributed by atoms with Gasteiger partial charge >= 0.3 is 5.69 Å². The SMILES string of the molecule is O=c1nccc(C2C=CC=C2)[nH]1. The molecule has 0 saturated heterocycles. The Balaban J connectivity index is 2.40. The molecule has 0 aliphatic heterocycles. The number of rotatable bonds is 1. The highest BCUT2D eigenvalue weighted by atomic mass is 16.1. The van der Waals surface area contributed by atoms with Crippen LogP contribution < -0.4 is 5.69 Å². The molecule has 0 aromatic carbocycles. The first-order chi connectivity index (χ1) is 5.86. The standard InChI is InChI=1S/C9H8N2O/c12-9-10-6-5-8(11-9)7-3-1-2-4-7/h1-7H,(H,10,11,12). The Morgan fingerprint density at radius 3 is 2.75 bits per heavy atom. The summed E-state index contributed by atoms with van der Waals surface area (Å²) in [5, 5.41) is 0. The minimum atomic E-state index is -0.291. The van der Waals surface area contributed by atoms with E-state index < -0.39 is 0 Å². The van der Waals surface area contributed by atoms with Gasteiger partial charge in [-0.25, -0.2) is 9.78 Å². The Morgan fingerprint density at radius 2 is 2.08 bits per heavy atom. The van der Waals surface area contributed by atoms with Crippen molar-refractivity contribution in [3.63, 3.8) is 0 Å². The quantitative estimate of drug-likeness (QED) is 0.665. The summed E-state index contributed by atoms with van der Waals surface area (Å²) in [6, 6.07) is 1.81. The molecule has 0 radical (unpaired) electrons. The molecule has 1 aliphatic carbocycles. The van der Waals surface area contributed by atoms with Gasteiger partial charge in [-0.2, -0.15) is 0 Å². The number of aromatic nitrogens is 2. The van der Waals surface area contributed by atoms with Crippen molar-refractivity contribution in [2.45, 2.75) is 5.92 Å². The third kappa shape index (κ3) is 1.21. The molecule has 3 nitrogen and oxygen atoms in total. The number of allylic oxidation sites excluding steroid dienone is 4. The fourth-order valence-electron chi connectivity index (χ4n) is 1.22. The summed E-state index contributed by atoms with van der Waals surface area (Å²) in [7, 11) is 0. The Bertz CT molecular complexity index is 378. The lowest BCUT2D eigenvalue weighted by Crippen LogP contribution is -2.12. The number of aromatic amines is 1. The van der Waals surface area contributed by atoms with E-state index in [1.54, 1.807) is 0 Å². The smallest absolute Gasteiger partial charge is 0.309 e. The fraction of sp³-hybridized carbons (Fsp3) is 0.111. The first-order valence-electron chi connectivity index (χ1n) is 3.76. The highest BCUT2D eigenvalue weighted by Gasteiger charge is 2.06. The molecule has 0 amide bonds. The third-order valence-electron chi connectivity index (χ3n) is 1.80. The van der Waals surface area contributed by atoms with Gasteiger partial charge in [0.2, 0.25) is 0 Å². The molecule has 1 aromatic rings. The van der Waals surface area contributed by atoms with Crippen molar-refractivity contribution in [1.82, 2.24) is 9.97 Å². The van der Waals surface area contributed by atoms with Gasteiger partial charge in [0.25, 0.3) is 0 Å². The lowest BCUT2D eigenvalue weighted by atomic mass is 10.1. The van der Waals surface area contributed by atoms with Crippen LogP contribution in [-0.4, -0.2) is 9.97 Å². The summed E-state index contributed by atoms with van der Waals surface area (Å²) < 4.78 is 0. The van der Waals surface area contributed by atoms with Gasteiger partial charge in [-0.1, -0.05) is 24.3 Å². The van der Waals surface area contributed by atoms with Gasteiger partial charge in [0.15, 0.2) is 0 Å². The van der Waals surface area contributed by atoms with Crippen LogP contribution in [0.2, 0.25) is 0 Å². The molecule has 1 heterocycles. The Labute approximate surface area is 69.5 Å². The third-order valence-corrected chi connectivity index (χ3v) is 1.80. The molecule has 1 N–H and O–H groups in total. The van der Waals surface area contributed by atoms with Crippen LogP contribution in [-0.2, 0) is 0 Å². The molecule has 1 aromatic heterocycles. The van der Waals surface area contributed by atoms with Crippen LogP contribution >= 0.6 is 0 Å². The van der Waals surface area contributed by atoms with Crippen molar-refractivity contribution in [1.29, 1.82) is 0 Å². The molecule has 0 spiro atoms. The number of hydrogen-bond acceptors (Lipinski definition) is 2. The van der Waals surface area contributed by atoms with E-state index in [-0.39, 0.29) is 11.6 Å². The average molecular weight is 160 g/mol. The van der Waals surface area contributed by atoms with Gasteiger partial charge < -0.3 is 4.98 Å². The molecular formula is C9H8N2O. The molecular weight excluding hydrogens is 152 g/mol. The molecule has 0 unspecified atom stereocenters. The van der Waals surface area contributed by atoms with E-state index in [1.165, 1.54) is 6.20 Å². The monoisotopic (exact) mass is 160 g/mol. The summed E-state index contributed by atoms with van der Waals surface area (Å²) >= 11 is 0. The van der Waals surface area contributed by atoms with E-state index in [0.29, 0.717) is 0 Å². The van der Waals surface area contributed by atoms with Crippen LogP contribution in [0, 0.1) is 0 Å². The van der Waals surface area contributed by atoms with Crippen LogP contribution in [0.5, 0.6) is 0 Å². The highest BCUT2D eigenvalue weighted by molar-refractivity contribution is 5.29.